The standard InChI is InChI=1S/C18H20Cl2N2O4/c1-4-7-21-18(24)11(3)26-15(23)9-25-17-14(20)8-13(19)12-6-5-10(2)22-16(12)17/h5-6,8,11H,4,7,9H2,1-3H3,(H,21,24). The van der Waals surface area contributed by atoms with Crippen molar-refractivity contribution in [2.45, 2.75) is 33.3 Å². The molecule has 0 radical (unpaired) electrons. The Morgan fingerprint density at radius 2 is 2.00 bits per heavy atom. The van der Waals surface area contributed by atoms with E-state index in [4.69, 9.17) is 32.7 Å². The maximum Gasteiger partial charge on any atom is 0.344 e. The number of ether oxygens (including phenoxy) is 2. The van der Waals surface area contributed by atoms with Crippen LogP contribution in [0.15, 0.2) is 18.2 Å². The maximum absolute atomic E-state index is 12.0. The van der Waals surface area contributed by atoms with E-state index in [9.17, 15) is 9.59 Å². The van der Waals surface area contributed by atoms with Crippen molar-refractivity contribution in [2.24, 2.45) is 0 Å². The average molecular weight is 399 g/mol. The first-order chi connectivity index (χ1) is 12.3. The molecule has 140 valence electrons. The van der Waals surface area contributed by atoms with Crippen molar-refractivity contribution in [3.05, 3.63) is 33.9 Å². The topological polar surface area (TPSA) is 77.5 Å². The molecule has 1 atom stereocenters. The lowest BCUT2D eigenvalue weighted by Crippen LogP contribution is -2.37. The van der Waals surface area contributed by atoms with Crippen LogP contribution < -0.4 is 10.1 Å². The monoisotopic (exact) mass is 398 g/mol. The van der Waals surface area contributed by atoms with Gasteiger partial charge in [-0.25, -0.2) is 9.78 Å². The Bertz CT molecular complexity index is 826. The number of aryl methyl sites for hydroxylation is 1. The fraction of sp³-hybridized carbons (Fsp3) is 0.389. The number of pyridine rings is 1. The molecule has 0 aliphatic carbocycles. The molecule has 0 bridgehead atoms. The molecular formula is C18H20Cl2N2O4. The molecule has 0 aliphatic heterocycles. The van der Waals surface area contributed by atoms with Crippen molar-refractivity contribution in [3.63, 3.8) is 0 Å². The molecule has 1 N–H and O–H groups in total. The van der Waals surface area contributed by atoms with Gasteiger partial charge >= 0.3 is 5.97 Å². The van der Waals surface area contributed by atoms with Gasteiger partial charge in [-0.1, -0.05) is 30.1 Å². The summed E-state index contributed by atoms with van der Waals surface area (Å²) in [6, 6.07) is 5.16. The third-order valence-electron chi connectivity index (χ3n) is 3.54. The lowest BCUT2D eigenvalue weighted by atomic mass is 10.2. The van der Waals surface area contributed by atoms with Gasteiger partial charge in [0.1, 0.15) is 5.52 Å². The lowest BCUT2D eigenvalue weighted by molar-refractivity contribution is -0.156. The Balaban J connectivity index is 2.08. The second-order valence-electron chi connectivity index (χ2n) is 5.73. The van der Waals surface area contributed by atoms with E-state index in [2.05, 4.69) is 10.3 Å². The minimum absolute atomic E-state index is 0.238. The van der Waals surface area contributed by atoms with Crippen molar-refractivity contribution in [3.8, 4) is 5.75 Å². The molecule has 6 nitrogen and oxygen atoms in total. The number of carbonyl (C=O) groups is 2. The number of aromatic nitrogens is 1. The predicted molar refractivity (Wildman–Crippen MR) is 101 cm³/mol. The summed E-state index contributed by atoms with van der Waals surface area (Å²) < 4.78 is 10.6. The summed E-state index contributed by atoms with van der Waals surface area (Å²) in [5.41, 5.74) is 1.22. The van der Waals surface area contributed by atoms with Gasteiger partial charge in [-0.2, -0.15) is 0 Å². The van der Waals surface area contributed by atoms with Crippen LogP contribution in [0.4, 0.5) is 0 Å². The SMILES string of the molecule is CCCNC(=O)C(C)OC(=O)COc1c(Cl)cc(Cl)c2ccc(C)nc12. The highest BCUT2D eigenvalue weighted by Gasteiger charge is 2.19. The number of halogens is 2. The predicted octanol–water partition coefficient (Wildman–Crippen LogP) is 3.69. The third-order valence-corrected chi connectivity index (χ3v) is 4.13. The second kappa shape index (κ2) is 9.05. The van der Waals surface area contributed by atoms with Gasteiger partial charge in [-0.15, -0.1) is 0 Å². The molecule has 8 heteroatoms. The van der Waals surface area contributed by atoms with Gasteiger partial charge in [-0.3, -0.25) is 4.79 Å². The molecule has 0 saturated carbocycles. The van der Waals surface area contributed by atoms with Crippen LogP contribution in [0.1, 0.15) is 26.0 Å². The first-order valence-electron chi connectivity index (χ1n) is 8.18. The van der Waals surface area contributed by atoms with Gasteiger partial charge in [0.25, 0.3) is 5.91 Å². The highest BCUT2D eigenvalue weighted by molar-refractivity contribution is 6.39. The van der Waals surface area contributed by atoms with Crippen molar-refractivity contribution < 1.29 is 19.1 Å². The zero-order valence-electron chi connectivity index (χ0n) is 14.8. The normalized spacial score (nSPS) is 11.9. The highest BCUT2D eigenvalue weighted by Crippen LogP contribution is 2.37. The van der Waals surface area contributed by atoms with E-state index in [1.165, 1.54) is 13.0 Å². The molecule has 2 aromatic rings. The summed E-state index contributed by atoms with van der Waals surface area (Å²) in [5.74, 6) is -0.793. The zero-order valence-corrected chi connectivity index (χ0v) is 16.3. The van der Waals surface area contributed by atoms with Gasteiger partial charge in [-0.05, 0) is 38.5 Å². The largest absolute Gasteiger partial charge is 0.478 e. The van der Waals surface area contributed by atoms with Crippen molar-refractivity contribution >= 4 is 46.0 Å². The van der Waals surface area contributed by atoms with E-state index in [1.54, 1.807) is 0 Å². The van der Waals surface area contributed by atoms with E-state index in [0.717, 1.165) is 12.1 Å². The molecule has 0 aliphatic rings. The number of carbonyl (C=O) groups excluding carboxylic acids is 2. The van der Waals surface area contributed by atoms with Gasteiger partial charge in [0.2, 0.25) is 0 Å². The highest BCUT2D eigenvalue weighted by atomic mass is 35.5. The molecule has 0 saturated heterocycles. The van der Waals surface area contributed by atoms with Crippen LogP contribution in [0.3, 0.4) is 0 Å². The molecule has 1 amide bonds. The van der Waals surface area contributed by atoms with E-state index < -0.39 is 18.7 Å². The fourth-order valence-electron chi connectivity index (χ4n) is 2.24. The van der Waals surface area contributed by atoms with Crippen molar-refractivity contribution in [1.82, 2.24) is 10.3 Å². The van der Waals surface area contributed by atoms with Gasteiger partial charge in [0.05, 0.1) is 10.0 Å². The molecule has 1 heterocycles. The quantitative estimate of drug-likeness (QED) is 0.719. The second-order valence-corrected chi connectivity index (χ2v) is 6.54. The fourth-order valence-corrected chi connectivity index (χ4v) is 2.81. The van der Waals surface area contributed by atoms with Gasteiger partial charge in [0, 0.05) is 17.6 Å². The summed E-state index contributed by atoms with van der Waals surface area (Å²) in [5, 5.41) is 4.00. The summed E-state index contributed by atoms with van der Waals surface area (Å²) in [4.78, 5) is 28.1. The van der Waals surface area contributed by atoms with Crippen LogP contribution in [0.2, 0.25) is 10.0 Å². The number of fused-ring (bicyclic) bond motifs is 1. The average Bonchev–Trinajstić information content (AvgIpc) is 2.58. The van der Waals surface area contributed by atoms with Crippen LogP contribution in [0, 0.1) is 6.92 Å². The number of nitrogens with one attached hydrogen (secondary N) is 1. The molecule has 1 aromatic heterocycles. The van der Waals surface area contributed by atoms with Gasteiger partial charge in [0.15, 0.2) is 18.5 Å². The first-order valence-corrected chi connectivity index (χ1v) is 8.94. The van der Waals surface area contributed by atoms with E-state index >= 15 is 0 Å². The minimum atomic E-state index is -0.907. The first kappa shape index (κ1) is 20.3. The number of hydrogen-bond acceptors (Lipinski definition) is 5. The Labute approximate surface area is 161 Å². The number of hydrogen-bond donors (Lipinski definition) is 1. The number of benzene rings is 1. The molecular weight excluding hydrogens is 379 g/mol. The van der Waals surface area contributed by atoms with Crippen LogP contribution in [0.25, 0.3) is 10.9 Å². The number of esters is 1. The number of amides is 1. The number of rotatable bonds is 7. The maximum atomic E-state index is 12.0. The molecule has 1 unspecified atom stereocenters. The van der Waals surface area contributed by atoms with E-state index in [1.807, 2.05) is 26.0 Å². The zero-order chi connectivity index (χ0) is 19.3. The Morgan fingerprint density at radius 1 is 1.27 bits per heavy atom. The Morgan fingerprint density at radius 3 is 2.69 bits per heavy atom. The minimum Gasteiger partial charge on any atom is -0.478 e. The van der Waals surface area contributed by atoms with Crippen LogP contribution in [-0.2, 0) is 14.3 Å². The summed E-state index contributed by atoms with van der Waals surface area (Å²) in [6.45, 7) is 5.37. The number of nitrogens with zero attached hydrogens (tertiary/aromatic N) is 1. The van der Waals surface area contributed by atoms with Crippen LogP contribution >= 0.6 is 23.2 Å². The smallest absolute Gasteiger partial charge is 0.344 e. The third kappa shape index (κ3) is 4.99. The Kier molecular flexibility index (Phi) is 7.06. The van der Waals surface area contributed by atoms with E-state index in [-0.39, 0.29) is 16.7 Å². The Hall–Kier alpha value is -2.05. The van der Waals surface area contributed by atoms with E-state index in [0.29, 0.717) is 22.5 Å². The molecule has 2 rings (SSSR count). The summed E-state index contributed by atoms with van der Waals surface area (Å²) in [7, 11) is 0. The lowest BCUT2D eigenvalue weighted by Gasteiger charge is -2.15. The molecule has 26 heavy (non-hydrogen) atoms. The molecule has 1 aromatic carbocycles. The van der Waals surface area contributed by atoms with Crippen molar-refractivity contribution in [2.75, 3.05) is 13.2 Å². The van der Waals surface area contributed by atoms with Crippen LogP contribution in [0.5, 0.6) is 5.75 Å². The van der Waals surface area contributed by atoms with Gasteiger partial charge < -0.3 is 14.8 Å². The summed E-state index contributed by atoms with van der Waals surface area (Å²) in [6.07, 6.45) is -0.111. The molecule has 0 spiro atoms. The molecule has 0 fully saturated rings. The summed E-state index contributed by atoms with van der Waals surface area (Å²) >= 11 is 12.4. The van der Waals surface area contributed by atoms with Crippen molar-refractivity contribution in [1.29, 1.82) is 0 Å². The van der Waals surface area contributed by atoms with Crippen LogP contribution in [-0.4, -0.2) is 36.1 Å².